The first-order chi connectivity index (χ1) is 13.6. The lowest BCUT2D eigenvalue weighted by atomic mass is 9.75. The summed E-state index contributed by atoms with van der Waals surface area (Å²) in [6.07, 6.45) is 6.73. The third-order valence-corrected chi connectivity index (χ3v) is 7.65. The predicted molar refractivity (Wildman–Crippen MR) is 105 cm³/mol. The van der Waals surface area contributed by atoms with Gasteiger partial charge in [0.2, 0.25) is 0 Å². The van der Waals surface area contributed by atoms with E-state index in [0.717, 1.165) is 37.4 Å². The van der Waals surface area contributed by atoms with Gasteiger partial charge in [-0.05, 0) is 12.8 Å². The third-order valence-electron chi connectivity index (χ3n) is 5.99. The number of rotatable bonds is 5. The Morgan fingerprint density at radius 1 is 1.21 bits per heavy atom. The number of anilines is 1. The fourth-order valence-corrected chi connectivity index (χ4v) is 5.70. The van der Waals surface area contributed by atoms with Crippen LogP contribution in [0.5, 0.6) is 0 Å². The molecule has 2 aliphatic heterocycles. The molecule has 5 rings (SSSR count). The monoisotopic (exact) mass is 420 g/mol. The molecule has 1 saturated heterocycles. The minimum Gasteiger partial charge on any atom is -0.373 e. The minimum atomic E-state index is -1.09. The van der Waals surface area contributed by atoms with Crippen molar-refractivity contribution in [3.63, 3.8) is 0 Å². The van der Waals surface area contributed by atoms with Gasteiger partial charge in [-0.25, -0.2) is 19.9 Å². The molecule has 1 aliphatic carbocycles. The van der Waals surface area contributed by atoms with Gasteiger partial charge in [-0.1, -0.05) is 11.6 Å². The van der Waals surface area contributed by atoms with Gasteiger partial charge >= 0.3 is 0 Å². The van der Waals surface area contributed by atoms with E-state index >= 15 is 0 Å². The summed E-state index contributed by atoms with van der Waals surface area (Å²) in [6.45, 7) is 1.78. The van der Waals surface area contributed by atoms with E-state index in [0.29, 0.717) is 39.9 Å². The summed E-state index contributed by atoms with van der Waals surface area (Å²) in [5.74, 6) is 2.35. The second-order valence-corrected chi connectivity index (χ2v) is 9.55. The molecule has 2 aromatic rings. The largest absolute Gasteiger partial charge is 0.373 e. The molecule has 3 unspecified atom stereocenters. The molecule has 4 heterocycles. The summed E-state index contributed by atoms with van der Waals surface area (Å²) in [5.41, 5.74) is 0.821. The molecule has 0 radical (unpaired) electrons. The summed E-state index contributed by atoms with van der Waals surface area (Å²) in [5, 5.41) is 14.4. The number of halogens is 1. The van der Waals surface area contributed by atoms with E-state index in [1.807, 2.05) is 0 Å². The van der Waals surface area contributed by atoms with Gasteiger partial charge in [-0.15, -0.1) is 0 Å². The highest BCUT2D eigenvalue weighted by Gasteiger charge is 2.45. The highest BCUT2D eigenvalue weighted by atomic mass is 35.5. The Morgan fingerprint density at radius 2 is 2.00 bits per heavy atom. The normalized spacial score (nSPS) is 28.3. The molecular weight excluding hydrogens is 400 g/mol. The molecule has 2 aromatic heterocycles. The van der Waals surface area contributed by atoms with E-state index in [1.54, 1.807) is 12.4 Å². The van der Waals surface area contributed by atoms with Gasteiger partial charge in [0.25, 0.3) is 0 Å². The number of aromatic nitrogens is 4. The molecule has 8 nitrogen and oxygen atoms in total. The summed E-state index contributed by atoms with van der Waals surface area (Å²) in [7, 11) is -1.09. The van der Waals surface area contributed by atoms with Crippen molar-refractivity contribution in [3.8, 4) is 0 Å². The van der Waals surface area contributed by atoms with Gasteiger partial charge < -0.3 is 10.4 Å². The van der Waals surface area contributed by atoms with Crippen molar-refractivity contribution in [1.82, 2.24) is 24.8 Å². The van der Waals surface area contributed by atoms with Gasteiger partial charge in [0.1, 0.15) is 29.1 Å². The Hall–Kier alpha value is -1.68. The number of aliphatic hydroxyl groups is 1. The van der Waals surface area contributed by atoms with Crippen molar-refractivity contribution in [2.45, 2.75) is 42.3 Å². The van der Waals surface area contributed by atoms with Crippen molar-refractivity contribution >= 4 is 28.2 Å². The first-order valence-electron chi connectivity index (χ1n) is 9.48. The lowest BCUT2D eigenvalue weighted by Crippen LogP contribution is -2.60. The molecule has 148 valence electrons. The summed E-state index contributed by atoms with van der Waals surface area (Å²) >= 11 is 5.85. The number of likely N-dealkylation sites (tertiary alicyclic amines) is 1. The number of nitrogens with one attached hydrogen (secondary N) is 1. The number of nitrogens with zero attached hydrogens (tertiary/aromatic N) is 5. The molecule has 4 atom stereocenters. The molecule has 1 saturated carbocycles. The summed E-state index contributed by atoms with van der Waals surface area (Å²) < 4.78 is 12.2. The van der Waals surface area contributed by atoms with E-state index in [-0.39, 0.29) is 5.92 Å². The zero-order valence-electron chi connectivity index (χ0n) is 15.2. The van der Waals surface area contributed by atoms with Crippen LogP contribution in [0.1, 0.15) is 30.3 Å². The van der Waals surface area contributed by atoms with Crippen LogP contribution in [0.4, 0.5) is 5.82 Å². The number of aliphatic hydroxyl groups excluding tert-OH is 1. The second kappa shape index (κ2) is 7.29. The van der Waals surface area contributed by atoms with Gasteiger partial charge in [-0.2, -0.15) is 0 Å². The van der Waals surface area contributed by atoms with Gasteiger partial charge in [-0.3, -0.25) is 9.11 Å². The quantitative estimate of drug-likeness (QED) is 0.695. The standard InChI is InChI=1S/C18H21ClN6O2S/c19-11-5-20-16(21-6-11)10-7-25(8-10)14-2-1-12(14)18(26)24-17-15-13(22-9-23-17)3-4-28(15)27/h5-6,9-10,12,14,18,26H,1-4,7-8H2,(H,22,23,24)/t12?,14?,18-,28?/m1/s1. The maximum Gasteiger partial charge on any atom is 0.147 e. The number of fused-ring (bicyclic) bond motifs is 1. The molecule has 2 N–H and O–H groups in total. The minimum absolute atomic E-state index is 0.118. The lowest BCUT2D eigenvalue weighted by Gasteiger charge is -2.52. The second-order valence-electron chi connectivity index (χ2n) is 7.61. The topological polar surface area (TPSA) is 104 Å². The van der Waals surface area contributed by atoms with Crippen molar-refractivity contribution in [2.24, 2.45) is 5.92 Å². The molecule has 0 aromatic carbocycles. The maximum absolute atomic E-state index is 12.2. The highest BCUT2D eigenvalue weighted by Crippen LogP contribution is 2.40. The molecular formula is C18H21ClN6O2S. The van der Waals surface area contributed by atoms with Crippen molar-refractivity contribution in [1.29, 1.82) is 0 Å². The van der Waals surface area contributed by atoms with Crippen LogP contribution in [-0.4, -0.2) is 65.3 Å². The van der Waals surface area contributed by atoms with E-state index < -0.39 is 17.0 Å². The number of aryl methyl sites for hydroxylation is 1. The Balaban J connectivity index is 1.21. The molecule has 3 aliphatic rings. The Morgan fingerprint density at radius 3 is 2.71 bits per heavy atom. The molecule has 28 heavy (non-hydrogen) atoms. The van der Waals surface area contributed by atoms with Crippen molar-refractivity contribution in [3.05, 3.63) is 35.3 Å². The zero-order valence-corrected chi connectivity index (χ0v) is 16.7. The van der Waals surface area contributed by atoms with E-state index in [9.17, 15) is 9.32 Å². The van der Waals surface area contributed by atoms with Crippen LogP contribution in [0.25, 0.3) is 0 Å². The average Bonchev–Trinajstić information content (AvgIpc) is 3.00. The Bertz CT molecular complexity index is 907. The molecule has 10 heteroatoms. The van der Waals surface area contributed by atoms with Crippen LogP contribution < -0.4 is 5.32 Å². The Kier molecular flexibility index (Phi) is 4.78. The molecule has 0 bridgehead atoms. The van der Waals surface area contributed by atoms with Crippen LogP contribution in [0.2, 0.25) is 5.02 Å². The van der Waals surface area contributed by atoms with Crippen LogP contribution in [0.3, 0.4) is 0 Å². The van der Waals surface area contributed by atoms with Gasteiger partial charge in [0.05, 0.1) is 21.5 Å². The predicted octanol–water partition coefficient (Wildman–Crippen LogP) is 1.19. The van der Waals surface area contributed by atoms with Crippen LogP contribution in [-0.2, 0) is 17.2 Å². The SMILES string of the molecule is O=S1CCc2ncnc(N[C@H](O)C3CCC3N3CC(c4ncc(Cl)cn4)C3)c21. The molecule has 0 amide bonds. The fraction of sp³-hybridized carbons (Fsp3) is 0.556. The van der Waals surface area contributed by atoms with E-state index in [4.69, 9.17) is 11.6 Å². The molecule has 2 fully saturated rings. The van der Waals surface area contributed by atoms with Crippen LogP contribution >= 0.6 is 11.6 Å². The summed E-state index contributed by atoms with van der Waals surface area (Å²) in [4.78, 5) is 20.1. The van der Waals surface area contributed by atoms with Crippen LogP contribution in [0.15, 0.2) is 23.6 Å². The maximum atomic E-state index is 12.2. The first-order valence-corrected chi connectivity index (χ1v) is 11.2. The van der Waals surface area contributed by atoms with Gasteiger partial charge in [0.15, 0.2) is 0 Å². The molecule has 0 spiro atoms. The summed E-state index contributed by atoms with van der Waals surface area (Å²) in [6, 6.07) is 0.325. The lowest BCUT2D eigenvalue weighted by molar-refractivity contribution is -0.0462. The van der Waals surface area contributed by atoms with E-state index in [1.165, 1.54) is 6.33 Å². The zero-order chi connectivity index (χ0) is 19.3. The Labute approximate surface area is 170 Å². The third kappa shape index (κ3) is 3.20. The smallest absolute Gasteiger partial charge is 0.147 e. The number of hydrogen-bond acceptors (Lipinski definition) is 8. The van der Waals surface area contributed by atoms with Crippen molar-refractivity contribution < 1.29 is 9.32 Å². The fourth-order valence-electron chi connectivity index (χ4n) is 4.28. The first kappa shape index (κ1) is 18.4. The highest BCUT2D eigenvalue weighted by molar-refractivity contribution is 7.85. The number of hydrogen-bond donors (Lipinski definition) is 2. The van der Waals surface area contributed by atoms with E-state index in [2.05, 4.69) is 30.2 Å². The average molecular weight is 421 g/mol. The van der Waals surface area contributed by atoms with Gasteiger partial charge in [0, 0.05) is 55.5 Å². The van der Waals surface area contributed by atoms with Crippen molar-refractivity contribution in [2.75, 3.05) is 24.2 Å². The van der Waals surface area contributed by atoms with Crippen LogP contribution in [0, 0.1) is 5.92 Å².